The average molecular weight is 414 g/mol. The molecule has 2 aromatic carbocycles. The van der Waals surface area contributed by atoms with Crippen LogP contribution in [0.5, 0.6) is 0 Å². The lowest BCUT2D eigenvalue weighted by Crippen LogP contribution is -2.42. The Morgan fingerprint density at radius 2 is 1.87 bits per heavy atom. The molecule has 1 heterocycles. The molecule has 0 atom stereocenters. The first-order valence-corrected chi connectivity index (χ1v) is 10.6. The number of aliphatic imine (C=N–C) groups is 2. The van der Waals surface area contributed by atoms with Gasteiger partial charge in [-0.2, -0.15) is 0 Å². The summed E-state index contributed by atoms with van der Waals surface area (Å²) in [7, 11) is 0. The number of nitrogens with one attached hydrogen (secondary N) is 2. The second-order valence-corrected chi connectivity index (χ2v) is 7.29. The average Bonchev–Trinajstić information content (AvgIpc) is 2.83. The fraction of sp³-hybridized carbons (Fsp3) is 0.231. The first-order valence-electron chi connectivity index (χ1n) is 10.6. The zero-order chi connectivity index (χ0) is 21.9. The molecule has 0 saturated carbocycles. The van der Waals surface area contributed by atoms with Gasteiger partial charge >= 0.3 is 0 Å². The van der Waals surface area contributed by atoms with Crippen LogP contribution in [0.15, 0.2) is 89.0 Å². The van der Waals surface area contributed by atoms with Gasteiger partial charge in [0.1, 0.15) is 6.67 Å². The van der Waals surface area contributed by atoms with Crippen molar-refractivity contribution in [2.75, 3.05) is 38.2 Å². The standard InChI is InChI=1S/C26H31N5/c1-4-22(14-13-21(2)31-17-15-28-16-18-31)25-12-8-9-23(26(25)27-3)19-29-20-30-24-10-6-5-7-11-24/h4-14,19,28,30H,1,3,15-18,20H2,2H3/b21-13+,22-14+,29-19-. The van der Waals surface area contributed by atoms with E-state index in [1.54, 1.807) is 0 Å². The minimum atomic E-state index is 0.488. The monoisotopic (exact) mass is 413 g/mol. The molecule has 0 aliphatic carbocycles. The van der Waals surface area contributed by atoms with Crippen molar-refractivity contribution in [3.05, 3.63) is 90.2 Å². The van der Waals surface area contributed by atoms with Crippen LogP contribution in [-0.2, 0) is 0 Å². The molecular weight excluding hydrogens is 382 g/mol. The largest absolute Gasteiger partial charge is 0.372 e. The maximum absolute atomic E-state index is 4.51. The summed E-state index contributed by atoms with van der Waals surface area (Å²) in [6.07, 6.45) is 7.96. The van der Waals surface area contributed by atoms with Crippen LogP contribution in [0, 0.1) is 0 Å². The molecule has 5 heteroatoms. The highest BCUT2D eigenvalue weighted by Crippen LogP contribution is 2.30. The number of anilines is 1. The second-order valence-electron chi connectivity index (χ2n) is 7.29. The van der Waals surface area contributed by atoms with Gasteiger partial charge in [0.2, 0.25) is 0 Å². The molecule has 3 rings (SSSR count). The highest BCUT2D eigenvalue weighted by molar-refractivity contribution is 5.94. The number of benzene rings is 2. The number of piperazine rings is 1. The van der Waals surface area contributed by atoms with Gasteiger partial charge in [-0.1, -0.05) is 55.1 Å². The third-order valence-electron chi connectivity index (χ3n) is 5.25. The third kappa shape index (κ3) is 6.27. The molecule has 0 amide bonds. The molecular formula is C26H31N5. The van der Waals surface area contributed by atoms with Crippen LogP contribution < -0.4 is 10.6 Å². The molecule has 0 bridgehead atoms. The third-order valence-corrected chi connectivity index (χ3v) is 5.25. The summed E-state index contributed by atoms with van der Waals surface area (Å²) in [5, 5.41) is 6.66. The quantitative estimate of drug-likeness (QED) is 0.455. The van der Waals surface area contributed by atoms with Gasteiger partial charge in [-0.25, -0.2) is 0 Å². The highest BCUT2D eigenvalue weighted by atomic mass is 15.2. The molecule has 0 unspecified atom stereocenters. The molecule has 0 radical (unpaired) electrons. The SMILES string of the molecule is C=C/C(=C\C=C(/C)N1CCNCC1)c1cccc(/C=N\CNc2ccccc2)c1N=C. The Bertz CT molecular complexity index is 967. The Hall–Kier alpha value is -3.44. The summed E-state index contributed by atoms with van der Waals surface area (Å²) in [4.78, 5) is 11.2. The van der Waals surface area contributed by atoms with Crippen molar-refractivity contribution in [2.45, 2.75) is 6.92 Å². The van der Waals surface area contributed by atoms with E-state index in [0.717, 1.165) is 54.3 Å². The Kier molecular flexibility index (Phi) is 8.38. The maximum Gasteiger partial charge on any atom is 0.107 e. The zero-order valence-electron chi connectivity index (χ0n) is 18.2. The van der Waals surface area contributed by atoms with Gasteiger partial charge in [-0.15, -0.1) is 0 Å². The lowest BCUT2D eigenvalue weighted by molar-refractivity contribution is 0.300. The summed E-state index contributed by atoms with van der Waals surface area (Å²) in [5.41, 5.74) is 6.03. The fourth-order valence-electron chi connectivity index (χ4n) is 3.51. The van der Waals surface area contributed by atoms with Crippen molar-refractivity contribution < 1.29 is 0 Å². The normalized spacial score (nSPS) is 15.2. The number of hydrogen-bond acceptors (Lipinski definition) is 5. The molecule has 0 aromatic heterocycles. The van der Waals surface area contributed by atoms with E-state index < -0.39 is 0 Å². The molecule has 0 spiro atoms. The summed E-state index contributed by atoms with van der Waals surface area (Å²) in [5.74, 6) is 0. The summed E-state index contributed by atoms with van der Waals surface area (Å²) >= 11 is 0. The number of hydrogen-bond donors (Lipinski definition) is 2. The van der Waals surface area contributed by atoms with E-state index in [4.69, 9.17) is 0 Å². The van der Waals surface area contributed by atoms with E-state index in [-0.39, 0.29) is 0 Å². The van der Waals surface area contributed by atoms with Gasteiger partial charge in [0.25, 0.3) is 0 Å². The molecule has 5 nitrogen and oxygen atoms in total. The topological polar surface area (TPSA) is 52.0 Å². The Balaban J connectivity index is 1.77. The molecule has 1 fully saturated rings. The van der Waals surface area contributed by atoms with E-state index in [2.05, 4.69) is 57.9 Å². The van der Waals surface area contributed by atoms with Crippen molar-refractivity contribution in [1.82, 2.24) is 10.2 Å². The zero-order valence-corrected chi connectivity index (χ0v) is 18.2. The van der Waals surface area contributed by atoms with Crippen LogP contribution in [-0.4, -0.2) is 50.7 Å². The molecule has 1 aliphatic rings. The van der Waals surface area contributed by atoms with Crippen molar-refractivity contribution in [3.8, 4) is 0 Å². The highest BCUT2D eigenvalue weighted by Gasteiger charge is 2.10. The van der Waals surface area contributed by atoms with E-state index in [1.165, 1.54) is 5.70 Å². The summed E-state index contributed by atoms with van der Waals surface area (Å²) in [6, 6.07) is 16.1. The van der Waals surface area contributed by atoms with Crippen LogP contribution in [0.3, 0.4) is 0 Å². The predicted molar refractivity (Wildman–Crippen MR) is 135 cm³/mol. The van der Waals surface area contributed by atoms with Crippen molar-refractivity contribution in [3.63, 3.8) is 0 Å². The molecule has 2 N–H and O–H groups in total. The van der Waals surface area contributed by atoms with Crippen molar-refractivity contribution in [1.29, 1.82) is 0 Å². The smallest absolute Gasteiger partial charge is 0.107 e. The van der Waals surface area contributed by atoms with Gasteiger partial charge in [-0.3, -0.25) is 9.98 Å². The van der Waals surface area contributed by atoms with Gasteiger partial charge in [0.05, 0.1) is 5.69 Å². The van der Waals surface area contributed by atoms with E-state index in [9.17, 15) is 0 Å². The van der Waals surface area contributed by atoms with Crippen molar-refractivity contribution in [2.24, 2.45) is 9.98 Å². The summed E-state index contributed by atoms with van der Waals surface area (Å²) < 4.78 is 0. The number of nitrogens with zero attached hydrogens (tertiary/aromatic N) is 3. The van der Waals surface area contributed by atoms with Gasteiger partial charge in [-0.05, 0) is 37.4 Å². The number of allylic oxidation sites excluding steroid dienone is 5. The Labute approximate surface area is 185 Å². The predicted octanol–water partition coefficient (Wildman–Crippen LogP) is 4.89. The Morgan fingerprint density at radius 3 is 2.58 bits per heavy atom. The van der Waals surface area contributed by atoms with E-state index in [0.29, 0.717) is 6.67 Å². The van der Waals surface area contributed by atoms with Crippen LogP contribution in [0.25, 0.3) is 5.57 Å². The minimum Gasteiger partial charge on any atom is -0.372 e. The van der Waals surface area contributed by atoms with Crippen molar-refractivity contribution >= 4 is 29.9 Å². The molecule has 2 aromatic rings. The minimum absolute atomic E-state index is 0.488. The molecule has 31 heavy (non-hydrogen) atoms. The first kappa shape index (κ1) is 22.2. The van der Waals surface area contributed by atoms with Crippen LogP contribution in [0.1, 0.15) is 18.1 Å². The first-order chi connectivity index (χ1) is 15.2. The lowest BCUT2D eigenvalue weighted by Gasteiger charge is -2.29. The number of para-hydroxylation sites is 2. The van der Waals surface area contributed by atoms with Gasteiger partial charge in [0, 0.05) is 54.9 Å². The van der Waals surface area contributed by atoms with Gasteiger partial charge < -0.3 is 15.5 Å². The van der Waals surface area contributed by atoms with Gasteiger partial charge in [0.15, 0.2) is 0 Å². The molecule has 160 valence electrons. The van der Waals surface area contributed by atoms with E-state index in [1.807, 2.05) is 60.8 Å². The van der Waals surface area contributed by atoms with Crippen LogP contribution >= 0.6 is 0 Å². The summed E-state index contributed by atoms with van der Waals surface area (Å²) in [6.45, 7) is 14.6. The fourth-order valence-corrected chi connectivity index (χ4v) is 3.51. The van der Waals surface area contributed by atoms with Crippen LogP contribution in [0.2, 0.25) is 0 Å². The van der Waals surface area contributed by atoms with Crippen LogP contribution in [0.4, 0.5) is 11.4 Å². The number of rotatable bonds is 9. The molecule has 1 saturated heterocycles. The Morgan fingerprint density at radius 1 is 1.10 bits per heavy atom. The molecule has 1 aliphatic heterocycles. The lowest BCUT2D eigenvalue weighted by atomic mass is 10.00. The van der Waals surface area contributed by atoms with E-state index >= 15 is 0 Å². The maximum atomic E-state index is 4.51. The second kappa shape index (κ2) is 11.7.